The molecule has 1 aromatic heterocycles. The quantitative estimate of drug-likeness (QED) is 0.762. The molecule has 164 valence electrons. The van der Waals surface area contributed by atoms with E-state index in [0.717, 1.165) is 36.3 Å². The Labute approximate surface area is 182 Å². The Balaban J connectivity index is 1.59. The molecule has 4 rings (SSSR count). The SMILES string of the molecule is COC(=O)N[C@H](C(=O)N1CCC[C@H]1c1ncc(-c2ccc(C)c3c2C=CC3)[nH]1)C(C)C. The second kappa shape index (κ2) is 8.57. The summed E-state index contributed by atoms with van der Waals surface area (Å²) in [6.07, 6.45) is 8.34. The van der Waals surface area contributed by atoms with Crippen molar-refractivity contribution in [1.82, 2.24) is 20.2 Å². The molecule has 2 N–H and O–H groups in total. The monoisotopic (exact) mass is 422 g/mol. The number of alkyl carbamates (subject to hydrolysis) is 1. The van der Waals surface area contributed by atoms with Crippen molar-refractivity contribution in [2.24, 2.45) is 5.92 Å². The molecule has 2 aliphatic rings. The zero-order valence-corrected chi connectivity index (χ0v) is 18.6. The van der Waals surface area contributed by atoms with Gasteiger partial charge in [0.1, 0.15) is 11.9 Å². The molecule has 2 aromatic rings. The number of aromatic nitrogens is 2. The van der Waals surface area contributed by atoms with Crippen LogP contribution in [-0.2, 0) is 16.0 Å². The highest BCUT2D eigenvalue weighted by atomic mass is 16.5. The largest absolute Gasteiger partial charge is 0.453 e. The first-order valence-electron chi connectivity index (χ1n) is 10.9. The molecule has 2 heterocycles. The van der Waals surface area contributed by atoms with Crippen LogP contribution < -0.4 is 5.32 Å². The lowest BCUT2D eigenvalue weighted by atomic mass is 9.97. The van der Waals surface area contributed by atoms with Gasteiger partial charge in [-0.3, -0.25) is 4.79 Å². The molecule has 7 heteroatoms. The number of hydrogen-bond donors (Lipinski definition) is 2. The van der Waals surface area contributed by atoms with Gasteiger partial charge in [-0.2, -0.15) is 0 Å². The molecular weight excluding hydrogens is 392 g/mol. The number of likely N-dealkylation sites (tertiary alicyclic amines) is 1. The van der Waals surface area contributed by atoms with Gasteiger partial charge in [0.2, 0.25) is 5.91 Å². The lowest BCUT2D eigenvalue weighted by molar-refractivity contribution is -0.135. The number of ether oxygens (including phenoxy) is 1. The number of nitrogens with zero attached hydrogens (tertiary/aromatic N) is 2. The Kier molecular flexibility index (Phi) is 5.85. The number of amides is 2. The van der Waals surface area contributed by atoms with E-state index in [1.54, 1.807) is 0 Å². The minimum atomic E-state index is -0.631. The number of carbonyl (C=O) groups is 2. The number of imidazole rings is 1. The highest BCUT2D eigenvalue weighted by molar-refractivity contribution is 5.86. The number of methoxy groups -OCH3 is 1. The number of fused-ring (bicyclic) bond motifs is 1. The molecule has 7 nitrogen and oxygen atoms in total. The van der Waals surface area contributed by atoms with Crippen LogP contribution in [-0.4, -0.2) is 46.6 Å². The number of aryl methyl sites for hydroxylation is 1. The van der Waals surface area contributed by atoms with E-state index in [0.29, 0.717) is 6.54 Å². The number of carbonyl (C=O) groups excluding carboxylic acids is 2. The lowest BCUT2D eigenvalue weighted by Crippen LogP contribution is -2.51. The van der Waals surface area contributed by atoms with Gasteiger partial charge in [-0.25, -0.2) is 9.78 Å². The first-order chi connectivity index (χ1) is 14.9. The summed E-state index contributed by atoms with van der Waals surface area (Å²) < 4.78 is 4.71. The van der Waals surface area contributed by atoms with Crippen molar-refractivity contribution in [3.8, 4) is 11.3 Å². The average molecular weight is 423 g/mol. The van der Waals surface area contributed by atoms with Gasteiger partial charge < -0.3 is 19.9 Å². The maximum Gasteiger partial charge on any atom is 0.407 e. The van der Waals surface area contributed by atoms with Gasteiger partial charge in [0.25, 0.3) is 0 Å². The van der Waals surface area contributed by atoms with Crippen LogP contribution in [0.25, 0.3) is 17.3 Å². The van der Waals surface area contributed by atoms with Gasteiger partial charge in [-0.05, 0) is 48.8 Å². The van der Waals surface area contributed by atoms with Gasteiger partial charge in [0.15, 0.2) is 0 Å². The highest BCUT2D eigenvalue weighted by Crippen LogP contribution is 2.35. The number of allylic oxidation sites excluding steroid dienone is 1. The highest BCUT2D eigenvalue weighted by Gasteiger charge is 2.37. The van der Waals surface area contributed by atoms with Crippen molar-refractivity contribution in [3.63, 3.8) is 0 Å². The number of H-pyrrole nitrogens is 1. The zero-order valence-electron chi connectivity index (χ0n) is 18.6. The summed E-state index contributed by atoms with van der Waals surface area (Å²) in [5.41, 5.74) is 6.01. The molecule has 1 aliphatic carbocycles. The summed E-state index contributed by atoms with van der Waals surface area (Å²) >= 11 is 0. The Morgan fingerprint density at radius 2 is 2.13 bits per heavy atom. The van der Waals surface area contributed by atoms with E-state index in [1.165, 1.54) is 23.8 Å². The van der Waals surface area contributed by atoms with Crippen molar-refractivity contribution < 1.29 is 14.3 Å². The molecule has 0 spiro atoms. The number of rotatable bonds is 5. The Morgan fingerprint density at radius 1 is 1.32 bits per heavy atom. The minimum Gasteiger partial charge on any atom is -0.453 e. The van der Waals surface area contributed by atoms with Crippen LogP contribution in [0.15, 0.2) is 24.4 Å². The van der Waals surface area contributed by atoms with E-state index in [4.69, 9.17) is 4.74 Å². The van der Waals surface area contributed by atoms with E-state index >= 15 is 0 Å². The van der Waals surface area contributed by atoms with Crippen LogP contribution in [0.2, 0.25) is 0 Å². The maximum absolute atomic E-state index is 13.3. The molecule has 1 aliphatic heterocycles. The molecule has 2 atom stereocenters. The van der Waals surface area contributed by atoms with Crippen molar-refractivity contribution in [3.05, 3.63) is 46.9 Å². The summed E-state index contributed by atoms with van der Waals surface area (Å²) in [6.45, 7) is 6.62. The third-order valence-electron chi connectivity index (χ3n) is 6.33. The Bertz CT molecular complexity index is 1020. The van der Waals surface area contributed by atoms with Crippen LogP contribution in [0.1, 0.15) is 55.2 Å². The van der Waals surface area contributed by atoms with Crippen molar-refractivity contribution in [2.45, 2.75) is 52.1 Å². The van der Waals surface area contributed by atoms with E-state index < -0.39 is 12.1 Å². The summed E-state index contributed by atoms with van der Waals surface area (Å²) in [4.78, 5) is 35.0. The molecule has 2 amide bonds. The Hall–Kier alpha value is -3.09. The standard InChI is InChI=1S/C24H30N4O3/c1-14(2)21(27-24(30)31-4)23(29)28-12-6-9-20(28)22-25-13-19(26-22)18-11-10-15(3)16-7-5-8-17(16)18/h5,8,10-11,13-14,20-21H,6-7,9,12H2,1-4H3,(H,25,26)(H,27,30)/t20-,21-/m0/s1. The third kappa shape index (κ3) is 3.96. The van der Waals surface area contributed by atoms with Gasteiger partial charge in [-0.15, -0.1) is 0 Å². The lowest BCUT2D eigenvalue weighted by Gasteiger charge is -2.30. The van der Waals surface area contributed by atoms with Crippen LogP contribution in [0.4, 0.5) is 4.79 Å². The van der Waals surface area contributed by atoms with Gasteiger partial charge in [-0.1, -0.05) is 38.1 Å². The maximum atomic E-state index is 13.3. The zero-order chi connectivity index (χ0) is 22.1. The summed E-state index contributed by atoms with van der Waals surface area (Å²) in [5, 5.41) is 2.69. The molecule has 1 aromatic carbocycles. The number of hydrogen-bond acceptors (Lipinski definition) is 4. The van der Waals surface area contributed by atoms with Crippen LogP contribution in [0, 0.1) is 12.8 Å². The molecule has 0 radical (unpaired) electrons. The molecule has 1 fully saturated rings. The van der Waals surface area contributed by atoms with E-state index in [2.05, 4.69) is 46.5 Å². The van der Waals surface area contributed by atoms with Gasteiger partial charge in [0, 0.05) is 12.1 Å². The fraction of sp³-hybridized carbons (Fsp3) is 0.458. The third-order valence-corrected chi connectivity index (χ3v) is 6.33. The van der Waals surface area contributed by atoms with Crippen LogP contribution in [0.3, 0.4) is 0 Å². The molecular formula is C24H30N4O3. The van der Waals surface area contributed by atoms with E-state index in [-0.39, 0.29) is 17.9 Å². The van der Waals surface area contributed by atoms with Crippen molar-refractivity contribution >= 4 is 18.1 Å². The molecule has 0 bridgehead atoms. The predicted octanol–water partition coefficient (Wildman–Crippen LogP) is 4.00. The summed E-state index contributed by atoms with van der Waals surface area (Å²) in [6, 6.07) is 3.52. The molecule has 0 saturated carbocycles. The van der Waals surface area contributed by atoms with Gasteiger partial charge >= 0.3 is 6.09 Å². The second-order valence-corrected chi connectivity index (χ2v) is 8.66. The normalized spacial score (nSPS) is 18.4. The predicted molar refractivity (Wildman–Crippen MR) is 119 cm³/mol. The van der Waals surface area contributed by atoms with Gasteiger partial charge in [0.05, 0.1) is 25.0 Å². The number of benzene rings is 1. The molecule has 1 saturated heterocycles. The smallest absolute Gasteiger partial charge is 0.407 e. The second-order valence-electron chi connectivity index (χ2n) is 8.66. The first kappa shape index (κ1) is 21.2. The summed E-state index contributed by atoms with van der Waals surface area (Å²) in [7, 11) is 1.30. The number of aromatic amines is 1. The fourth-order valence-corrected chi connectivity index (χ4v) is 4.60. The molecule has 0 unspecified atom stereocenters. The van der Waals surface area contributed by atoms with Crippen molar-refractivity contribution in [1.29, 1.82) is 0 Å². The topological polar surface area (TPSA) is 87.3 Å². The van der Waals surface area contributed by atoms with Crippen molar-refractivity contribution in [2.75, 3.05) is 13.7 Å². The average Bonchev–Trinajstić information content (AvgIpc) is 3.51. The summed E-state index contributed by atoms with van der Waals surface area (Å²) in [5.74, 6) is 0.639. The first-order valence-corrected chi connectivity index (χ1v) is 10.9. The van der Waals surface area contributed by atoms with E-state index in [9.17, 15) is 9.59 Å². The Morgan fingerprint density at radius 3 is 2.87 bits per heavy atom. The van der Waals surface area contributed by atoms with E-state index in [1.807, 2.05) is 24.9 Å². The fourth-order valence-electron chi connectivity index (χ4n) is 4.60. The van der Waals surface area contributed by atoms with Crippen LogP contribution >= 0.6 is 0 Å². The van der Waals surface area contributed by atoms with Crippen LogP contribution in [0.5, 0.6) is 0 Å². The number of nitrogens with one attached hydrogen (secondary N) is 2. The minimum absolute atomic E-state index is 0.0538. The molecule has 31 heavy (non-hydrogen) atoms.